The number of aromatic nitrogens is 1. The fourth-order valence-corrected chi connectivity index (χ4v) is 6.06. The SMILES string of the molecule is CCN(CC)S(=O)(=O)c1ccc(Cl)c(C(=O)OCC(=O)Nc2nc3c(C)cc(C)cc3s2)c1. The van der Waals surface area contributed by atoms with Gasteiger partial charge in [-0.1, -0.05) is 42.9 Å². The Morgan fingerprint density at radius 1 is 1.15 bits per heavy atom. The van der Waals surface area contributed by atoms with E-state index in [1.165, 1.54) is 27.8 Å². The number of sulfonamides is 1. The lowest BCUT2D eigenvalue weighted by atomic mass is 10.1. The van der Waals surface area contributed by atoms with Crippen molar-refractivity contribution in [2.75, 3.05) is 25.0 Å². The van der Waals surface area contributed by atoms with Crippen molar-refractivity contribution in [1.82, 2.24) is 9.29 Å². The van der Waals surface area contributed by atoms with Crippen molar-refractivity contribution in [2.45, 2.75) is 32.6 Å². The molecule has 1 amide bonds. The van der Waals surface area contributed by atoms with Gasteiger partial charge in [-0.05, 0) is 49.2 Å². The minimum Gasteiger partial charge on any atom is -0.452 e. The van der Waals surface area contributed by atoms with Crippen LogP contribution in [0.1, 0.15) is 35.3 Å². The first-order chi connectivity index (χ1) is 15.6. The van der Waals surface area contributed by atoms with E-state index in [0.29, 0.717) is 5.13 Å². The number of thiazole rings is 1. The second kappa shape index (κ2) is 10.2. The van der Waals surface area contributed by atoms with Crippen LogP contribution in [0.2, 0.25) is 5.02 Å². The monoisotopic (exact) mass is 509 g/mol. The van der Waals surface area contributed by atoms with Gasteiger partial charge in [-0.15, -0.1) is 0 Å². The van der Waals surface area contributed by atoms with Crippen molar-refractivity contribution in [3.05, 3.63) is 52.0 Å². The van der Waals surface area contributed by atoms with Crippen LogP contribution >= 0.6 is 22.9 Å². The highest BCUT2D eigenvalue weighted by atomic mass is 35.5. The molecule has 0 fully saturated rings. The molecule has 3 rings (SSSR count). The summed E-state index contributed by atoms with van der Waals surface area (Å²) in [6.07, 6.45) is 0. The molecule has 33 heavy (non-hydrogen) atoms. The van der Waals surface area contributed by atoms with Gasteiger partial charge < -0.3 is 4.74 Å². The van der Waals surface area contributed by atoms with Gasteiger partial charge in [-0.3, -0.25) is 10.1 Å². The fourth-order valence-electron chi connectivity index (χ4n) is 3.32. The molecule has 0 aliphatic rings. The third-order valence-corrected chi connectivity index (χ3v) is 8.20. The van der Waals surface area contributed by atoms with Gasteiger partial charge in [0.05, 0.1) is 25.7 Å². The van der Waals surface area contributed by atoms with Gasteiger partial charge in [0.25, 0.3) is 5.91 Å². The number of benzene rings is 2. The van der Waals surface area contributed by atoms with Crippen LogP contribution in [0.5, 0.6) is 0 Å². The summed E-state index contributed by atoms with van der Waals surface area (Å²) in [6, 6.07) is 7.80. The molecule has 0 bridgehead atoms. The highest BCUT2D eigenvalue weighted by Crippen LogP contribution is 2.29. The van der Waals surface area contributed by atoms with Gasteiger partial charge >= 0.3 is 5.97 Å². The molecule has 0 aliphatic heterocycles. The van der Waals surface area contributed by atoms with Crippen LogP contribution in [-0.4, -0.2) is 49.3 Å². The Balaban J connectivity index is 1.70. The third-order valence-electron chi connectivity index (χ3n) is 4.91. The Morgan fingerprint density at radius 3 is 2.52 bits per heavy atom. The number of anilines is 1. The molecule has 0 radical (unpaired) electrons. The molecule has 2 aromatic carbocycles. The highest BCUT2D eigenvalue weighted by Gasteiger charge is 2.24. The predicted molar refractivity (Wildman–Crippen MR) is 130 cm³/mol. The van der Waals surface area contributed by atoms with Crippen LogP contribution in [0, 0.1) is 13.8 Å². The molecule has 0 unspecified atom stereocenters. The second-order valence-electron chi connectivity index (χ2n) is 7.30. The number of carbonyl (C=O) groups is 2. The van der Waals surface area contributed by atoms with Gasteiger partial charge in [-0.25, -0.2) is 18.2 Å². The van der Waals surface area contributed by atoms with Crippen molar-refractivity contribution >= 4 is 60.2 Å². The molecule has 0 saturated heterocycles. The third kappa shape index (κ3) is 5.52. The molecule has 0 saturated carbocycles. The summed E-state index contributed by atoms with van der Waals surface area (Å²) in [5.74, 6) is -1.47. The first-order valence-electron chi connectivity index (χ1n) is 10.2. The van der Waals surface area contributed by atoms with E-state index in [0.717, 1.165) is 27.4 Å². The van der Waals surface area contributed by atoms with Gasteiger partial charge in [-0.2, -0.15) is 4.31 Å². The Bertz CT molecular complexity index is 1320. The van der Waals surface area contributed by atoms with E-state index in [-0.39, 0.29) is 28.6 Å². The Kier molecular flexibility index (Phi) is 7.73. The molecule has 11 heteroatoms. The van der Waals surface area contributed by atoms with Gasteiger partial charge in [0.2, 0.25) is 10.0 Å². The lowest BCUT2D eigenvalue weighted by molar-refractivity contribution is -0.119. The minimum atomic E-state index is -3.78. The van der Waals surface area contributed by atoms with Crippen LogP contribution in [0.4, 0.5) is 5.13 Å². The lowest BCUT2D eigenvalue weighted by Gasteiger charge is -2.19. The summed E-state index contributed by atoms with van der Waals surface area (Å²) in [6.45, 7) is 7.37. The van der Waals surface area contributed by atoms with Crippen LogP contribution in [0.3, 0.4) is 0 Å². The molecule has 3 aromatic rings. The number of nitrogens with zero attached hydrogens (tertiary/aromatic N) is 2. The van der Waals surface area contributed by atoms with E-state index in [1.54, 1.807) is 13.8 Å². The summed E-state index contributed by atoms with van der Waals surface area (Å²) in [5, 5.41) is 3.04. The van der Waals surface area contributed by atoms with Gasteiger partial charge in [0.15, 0.2) is 11.7 Å². The highest BCUT2D eigenvalue weighted by molar-refractivity contribution is 7.89. The van der Waals surface area contributed by atoms with Crippen molar-refractivity contribution < 1.29 is 22.7 Å². The quantitative estimate of drug-likeness (QED) is 0.451. The average Bonchev–Trinajstić information content (AvgIpc) is 3.15. The fraction of sp³-hybridized carbons (Fsp3) is 0.318. The number of rotatable bonds is 8. The smallest absolute Gasteiger partial charge is 0.340 e. The van der Waals surface area contributed by atoms with Crippen molar-refractivity contribution in [3.63, 3.8) is 0 Å². The molecule has 176 valence electrons. The van der Waals surface area contributed by atoms with Crippen molar-refractivity contribution in [3.8, 4) is 0 Å². The van der Waals surface area contributed by atoms with Gasteiger partial charge in [0.1, 0.15) is 0 Å². The largest absolute Gasteiger partial charge is 0.452 e. The molecule has 1 heterocycles. The number of hydrogen-bond donors (Lipinski definition) is 1. The number of nitrogens with one attached hydrogen (secondary N) is 1. The van der Waals surface area contributed by atoms with E-state index in [4.69, 9.17) is 16.3 Å². The van der Waals surface area contributed by atoms with Crippen LogP contribution < -0.4 is 5.32 Å². The molecule has 0 aliphatic carbocycles. The van der Waals surface area contributed by atoms with Gasteiger partial charge in [0, 0.05) is 13.1 Å². The van der Waals surface area contributed by atoms with Crippen LogP contribution in [-0.2, 0) is 19.6 Å². The standard InChI is InChI=1S/C22H24ClN3O5S2/c1-5-26(6-2)33(29,30)15-7-8-17(23)16(11-15)21(28)31-12-19(27)24-22-25-20-14(4)9-13(3)10-18(20)32-22/h7-11H,5-6,12H2,1-4H3,(H,24,25,27). The number of hydrogen-bond acceptors (Lipinski definition) is 7. The maximum absolute atomic E-state index is 12.7. The molecule has 1 N–H and O–H groups in total. The van der Waals surface area contributed by atoms with Crippen molar-refractivity contribution in [2.24, 2.45) is 0 Å². The topological polar surface area (TPSA) is 106 Å². The lowest BCUT2D eigenvalue weighted by Crippen LogP contribution is -2.30. The molecular formula is C22H24ClN3O5S2. The minimum absolute atomic E-state index is 0.0240. The summed E-state index contributed by atoms with van der Waals surface area (Å²) in [4.78, 5) is 29.2. The zero-order chi connectivity index (χ0) is 24.3. The summed E-state index contributed by atoms with van der Waals surface area (Å²) >= 11 is 7.41. The Morgan fingerprint density at radius 2 is 1.85 bits per heavy atom. The maximum atomic E-state index is 12.7. The number of carbonyl (C=O) groups excluding carboxylic acids is 2. The predicted octanol–water partition coefficient (Wildman–Crippen LogP) is 4.39. The summed E-state index contributed by atoms with van der Waals surface area (Å²) < 4.78 is 32.7. The van der Waals surface area contributed by atoms with E-state index < -0.39 is 28.5 Å². The van der Waals surface area contributed by atoms with E-state index in [9.17, 15) is 18.0 Å². The zero-order valence-electron chi connectivity index (χ0n) is 18.6. The number of halogens is 1. The molecule has 8 nitrogen and oxygen atoms in total. The normalized spacial score (nSPS) is 11.7. The van der Waals surface area contributed by atoms with Crippen molar-refractivity contribution in [1.29, 1.82) is 0 Å². The van der Waals surface area contributed by atoms with E-state index >= 15 is 0 Å². The maximum Gasteiger partial charge on any atom is 0.340 e. The molecule has 0 spiro atoms. The first-order valence-corrected chi connectivity index (χ1v) is 12.8. The first kappa shape index (κ1) is 25.1. The molecule has 1 aromatic heterocycles. The summed E-state index contributed by atoms with van der Waals surface area (Å²) in [7, 11) is -3.78. The summed E-state index contributed by atoms with van der Waals surface area (Å²) in [5.41, 5.74) is 2.76. The number of ether oxygens (including phenoxy) is 1. The Hall–Kier alpha value is -2.53. The number of fused-ring (bicyclic) bond motifs is 1. The van der Waals surface area contributed by atoms with E-state index in [1.807, 2.05) is 26.0 Å². The Labute approximate surface area is 201 Å². The van der Waals surface area contributed by atoms with Crippen LogP contribution in [0.15, 0.2) is 35.2 Å². The number of esters is 1. The molecular weight excluding hydrogens is 486 g/mol. The zero-order valence-corrected chi connectivity index (χ0v) is 21.0. The average molecular weight is 510 g/mol. The number of aryl methyl sites for hydroxylation is 2. The van der Waals surface area contributed by atoms with Crippen LogP contribution in [0.25, 0.3) is 10.2 Å². The number of amides is 1. The second-order valence-corrected chi connectivity index (χ2v) is 10.7. The molecule has 0 atom stereocenters. The van der Waals surface area contributed by atoms with E-state index in [2.05, 4.69) is 10.3 Å².